The monoisotopic (exact) mass is 204 g/mol. The van der Waals surface area contributed by atoms with Crippen LogP contribution in [0.3, 0.4) is 0 Å². The van der Waals surface area contributed by atoms with Gasteiger partial charge in [-0.3, -0.25) is 0 Å². The number of aromatic amines is 1. The van der Waals surface area contributed by atoms with Crippen LogP contribution in [0.25, 0.3) is 0 Å². The number of anilines is 2. The average molecular weight is 204 g/mol. The van der Waals surface area contributed by atoms with Crippen LogP contribution in [0.4, 0.5) is 11.6 Å². The standard InChI is InChI=1S/C9H12N6/c1-6(8-12-4-5-13-8)15-9-7(10)11-2-3-14-9/h2-6H,1H3,(H2,10,11)(H,12,13)(H,14,15). The lowest BCUT2D eigenvalue weighted by molar-refractivity contribution is 0.803. The highest BCUT2D eigenvalue weighted by Gasteiger charge is 2.09. The lowest BCUT2D eigenvalue weighted by Gasteiger charge is -2.12. The van der Waals surface area contributed by atoms with Gasteiger partial charge in [0.15, 0.2) is 11.6 Å². The maximum absolute atomic E-state index is 5.66. The van der Waals surface area contributed by atoms with Gasteiger partial charge in [0, 0.05) is 24.8 Å². The van der Waals surface area contributed by atoms with Gasteiger partial charge >= 0.3 is 0 Å². The number of nitrogen functional groups attached to an aromatic ring is 1. The summed E-state index contributed by atoms with van der Waals surface area (Å²) in [5.41, 5.74) is 5.66. The van der Waals surface area contributed by atoms with Crippen LogP contribution < -0.4 is 11.1 Å². The van der Waals surface area contributed by atoms with Gasteiger partial charge in [-0.1, -0.05) is 0 Å². The average Bonchev–Trinajstić information content (AvgIpc) is 2.74. The first-order chi connectivity index (χ1) is 7.27. The molecule has 2 aromatic heterocycles. The zero-order chi connectivity index (χ0) is 10.7. The van der Waals surface area contributed by atoms with E-state index in [2.05, 4.69) is 25.3 Å². The largest absolute Gasteiger partial charge is 0.381 e. The van der Waals surface area contributed by atoms with Gasteiger partial charge in [0.2, 0.25) is 0 Å². The molecule has 0 saturated carbocycles. The van der Waals surface area contributed by atoms with E-state index in [1.54, 1.807) is 24.8 Å². The summed E-state index contributed by atoms with van der Waals surface area (Å²) in [6.45, 7) is 1.97. The number of H-pyrrole nitrogens is 1. The second-order valence-corrected chi connectivity index (χ2v) is 3.13. The topological polar surface area (TPSA) is 92.5 Å². The normalized spacial score (nSPS) is 12.3. The number of hydrogen-bond donors (Lipinski definition) is 3. The lowest BCUT2D eigenvalue weighted by Crippen LogP contribution is -2.11. The first kappa shape index (κ1) is 9.45. The summed E-state index contributed by atoms with van der Waals surface area (Å²) in [5, 5.41) is 3.12. The highest BCUT2D eigenvalue weighted by Crippen LogP contribution is 2.17. The molecule has 0 amide bonds. The highest BCUT2D eigenvalue weighted by molar-refractivity contribution is 5.55. The number of rotatable bonds is 3. The molecule has 2 heterocycles. The maximum atomic E-state index is 5.66. The molecule has 0 saturated heterocycles. The van der Waals surface area contributed by atoms with E-state index in [4.69, 9.17) is 5.73 Å². The Bertz CT molecular complexity index is 424. The van der Waals surface area contributed by atoms with Crippen molar-refractivity contribution >= 4 is 11.6 Å². The van der Waals surface area contributed by atoms with E-state index in [-0.39, 0.29) is 6.04 Å². The quantitative estimate of drug-likeness (QED) is 0.692. The Balaban J connectivity index is 2.13. The van der Waals surface area contributed by atoms with Gasteiger partial charge in [0.05, 0.1) is 6.04 Å². The molecule has 78 valence electrons. The van der Waals surface area contributed by atoms with E-state index in [0.29, 0.717) is 11.6 Å². The SMILES string of the molecule is CC(Nc1nccnc1N)c1ncc[nH]1. The third kappa shape index (κ3) is 2.04. The molecule has 15 heavy (non-hydrogen) atoms. The van der Waals surface area contributed by atoms with E-state index in [1.807, 2.05) is 6.92 Å². The van der Waals surface area contributed by atoms with Crippen molar-refractivity contribution in [2.75, 3.05) is 11.1 Å². The number of imidazole rings is 1. The molecule has 1 atom stereocenters. The molecule has 6 nitrogen and oxygen atoms in total. The number of nitrogens with two attached hydrogens (primary N) is 1. The minimum atomic E-state index is 0.0130. The Kier molecular flexibility index (Phi) is 2.49. The number of nitrogens with zero attached hydrogens (tertiary/aromatic N) is 3. The summed E-state index contributed by atoms with van der Waals surface area (Å²) in [5.74, 6) is 1.79. The van der Waals surface area contributed by atoms with Gasteiger partial charge in [-0.15, -0.1) is 0 Å². The van der Waals surface area contributed by atoms with E-state index in [1.165, 1.54) is 0 Å². The molecule has 0 aliphatic rings. The maximum Gasteiger partial charge on any atom is 0.169 e. The van der Waals surface area contributed by atoms with Crippen LogP contribution in [0.2, 0.25) is 0 Å². The summed E-state index contributed by atoms with van der Waals surface area (Å²) in [6.07, 6.45) is 6.62. The zero-order valence-electron chi connectivity index (χ0n) is 8.31. The van der Waals surface area contributed by atoms with E-state index >= 15 is 0 Å². The number of hydrogen-bond acceptors (Lipinski definition) is 5. The van der Waals surface area contributed by atoms with Gasteiger partial charge in [0.1, 0.15) is 5.82 Å². The van der Waals surface area contributed by atoms with Crippen molar-refractivity contribution in [1.82, 2.24) is 19.9 Å². The van der Waals surface area contributed by atoms with E-state index in [9.17, 15) is 0 Å². The molecule has 0 spiro atoms. The van der Waals surface area contributed by atoms with Gasteiger partial charge in [-0.05, 0) is 6.92 Å². The lowest BCUT2D eigenvalue weighted by atomic mass is 10.3. The van der Waals surface area contributed by atoms with Crippen molar-refractivity contribution in [3.8, 4) is 0 Å². The van der Waals surface area contributed by atoms with Crippen molar-refractivity contribution in [1.29, 1.82) is 0 Å². The Labute approximate surface area is 87.0 Å². The van der Waals surface area contributed by atoms with Crippen LogP contribution in [-0.4, -0.2) is 19.9 Å². The van der Waals surface area contributed by atoms with Crippen molar-refractivity contribution in [2.24, 2.45) is 0 Å². The fourth-order valence-electron chi connectivity index (χ4n) is 1.25. The second-order valence-electron chi connectivity index (χ2n) is 3.13. The highest BCUT2D eigenvalue weighted by atomic mass is 15.1. The van der Waals surface area contributed by atoms with Crippen molar-refractivity contribution in [3.63, 3.8) is 0 Å². The molecule has 0 aromatic carbocycles. The first-order valence-corrected chi connectivity index (χ1v) is 4.59. The summed E-state index contributed by atoms with van der Waals surface area (Å²) in [4.78, 5) is 15.2. The molecule has 0 fully saturated rings. The fraction of sp³-hybridized carbons (Fsp3) is 0.222. The Hall–Kier alpha value is -2.11. The van der Waals surface area contributed by atoms with Gasteiger partial charge < -0.3 is 16.0 Å². The van der Waals surface area contributed by atoms with Gasteiger partial charge in [0.25, 0.3) is 0 Å². The number of aromatic nitrogens is 4. The predicted molar refractivity (Wildman–Crippen MR) is 57.1 cm³/mol. The van der Waals surface area contributed by atoms with Crippen LogP contribution >= 0.6 is 0 Å². The molecular formula is C9H12N6. The summed E-state index contributed by atoms with van der Waals surface area (Å²) in [6, 6.07) is 0.0130. The third-order valence-corrected chi connectivity index (χ3v) is 2.01. The first-order valence-electron chi connectivity index (χ1n) is 4.59. The Morgan fingerprint density at radius 2 is 2.07 bits per heavy atom. The number of nitrogens with one attached hydrogen (secondary N) is 2. The Morgan fingerprint density at radius 3 is 2.73 bits per heavy atom. The van der Waals surface area contributed by atoms with Crippen LogP contribution in [-0.2, 0) is 0 Å². The second kappa shape index (κ2) is 3.95. The molecule has 2 aromatic rings. The minimum Gasteiger partial charge on any atom is -0.381 e. The van der Waals surface area contributed by atoms with Crippen LogP contribution in [0, 0.1) is 0 Å². The molecule has 6 heteroatoms. The summed E-state index contributed by atoms with van der Waals surface area (Å²) < 4.78 is 0. The molecule has 0 aliphatic carbocycles. The molecular weight excluding hydrogens is 192 g/mol. The minimum absolute atomic E-state index is 0.0130. The molecule has 0 radical (unpaired) electrons. The summed E-state index contributed by atoms with van der Waals surface area (Å²) in [7, 11) is 0. The summed E-state index contributed by atoms with van der Waals surface area (Å²) >= 11 is 0. The van der Waals surface area contributed by atoms with Crippen molar-refractivity contribution < 1.29 is 0 Å². The molecule has 0 bridgehead atoms. The van der Waals surface area contributed by atoms with Crippen molar-refractivity contribution in [3.05, 3.63) is 30.6 Å². The van der Waals surface area contributed by atoms with E-state index in [0.717, 1.165) is 5.82 Å². The molecule has 2 rings (SSSR count). The molecule has 4 N–H and O–H groups in total. The van der Waals surface area contributed by atoms with Crippen molar-refractivity contribution in [2.45, 2.75) is 13.0 Å². The van der Waals surface area contributed by atoms with Gasteiger partial charge in [-0.25, -0.2) is 15.0 Å². The van der Waals surface area contributed by atoms with E-state index < -0.39 is 0 Å². The molecule has 0 aliphatic heterocycles. The third-order valence-electron chi connectivity index (χ3n) is 2.01. The Morgan fingerprint density at radius 1 is 1.27 bits per heavy atom. The van der Waals surface area contributed by atoms with Gasteiger partial charge in [-0.2, -0.15) is 0 Å². The van der Waals surface area contributed by atoms with Crippen LogP contribution in [0.15, 0.2) is 24.8 Å². The molecule has 1 unspecified atom stereocenters. The predicted octanol–water partition coefficient (Wildman–Crippen LogP) is 0.955. The van der Waals surface area contributed by atoms with Crippen LogP contribution in [0.1, 0.15) is 18.8 Å². The van der Waals surface area contributed by atoms with Crippen LogP contribution in [0.5, 0.6) is 0 Å². The fourth-order valence-corrected chi connectivity index (χ4v) is 1.25. The zero-order valence-corrected chi connectivity index (χ0v) is 8.31. The smallest absolute Gasteiger partial charge is 0.169 e.